The lowest BCUT2D eigenvalue weighted by Gasteiger charge is -2.43. The maximum Gasteiger partial charge on any atom is 0.261 e. The molecule has 30 heavy (non-hydrogen) atoms. The van der Waals surface area contributed by atoms with Gasteiger partial charge in [0.15, 0.2) is 0 Å². The fourth-order valence-electron chi connectivity index (χ4n) is 3.85. The SMILES string of the molecule is CC(COc1ccc(Br)cc1)CO[Si](c1ccccc1)(c1ccccc1)C(C)(C)C. The Bertz CT molecular complexity index is 866. The minimum Gasteiger partial charge on any atom is -0.493 e. The number of hydrogen-bond acceptors (Lipinski definition) is 2. The van der Waals surface area contributed by atoms with E-state index >= 15 is 0 Å². The van der Waals surface area contributed by atoms with E-state index < -0.39 is 8.32 Å². The zero-order chi connectivity index (χ0) is 21.6. The molecule has 0 heterocycles. The van der Waals surface area contributed by atoms with E-state index in [9.17, 15) is 0 Å². The molecule has 0 aliphatic carbocycles. The Kier molecular flexibility index (Phi) is 7.56. The van der Waals surface area contributed by atoms with Crippen molar-refractivity contribution in [3.63, 3.8) is 0 Å². The molecule has 0 spiro atoms. The van der Waals surface area contributed by atoms with Crippen molar-refractivity contribution in [1.82, 2.24) is 0 Å². The van der Waals surface area contributed by atoms with Gasteiger partial charge in [-0.25, -0.2) is 0 Å². The van der Waals surface area contributed by atoms with Gasteiger partial charge in [0, 0.05) is 17.0 Å². The molecule has 0 amide bonds. The van der Waals surface area contributed by atoms with Crippen molar-refractivity contribution >= 4 is 34.6 Å². The summed E-state index contributed by atoms with van der Waals surface area (Å²) in [6, 6.07) is 29.5. The van der Waals surface area contributed by atoms with Crippen molar-refractivity contribution < 1.29 is 9.16 Å². The highest BCUT2D eigenvalue weighted by atomic mass is 79.9. The molecule has 0 aliphatic rings. The highest BCUT2D eigenvalue weighted by molar-refractivity contribution is 9.10. The van der Waals surface area contributed by atoms with E-state index in [1.807, 2.05) is 24.3 Å². The predicted molar refractivity (Wildman–Crippen MR) is 132 cm³/mol. The zero-order valence-electron chi connectivity index (χ0n) is 18.3. The maximum absolute atomic E-state index is 6.99. The minimum absolute atomic E-state index is 0.0119. The third-order valence-corrected chi connectivity index (χ3v) is 10.9. The largest absolute Gasteiger partial charge is 0.493 e. The van der Waals surface area contributed by atoms with Crippen molar-refractivity contribution in [1.29, 1.82) is 0 Å². The molecule has 158 valence electrons. The fraction of sp³-hybridized carbons (Fsp3) is 0.308. The molecule has 0 bridgehead atoms. The Labute approximate surface area is 190 Å². The standard InChI is InChI=1S/C26H31BrO2Si/c1-21(19-28-23-17-15-22(27)16-18-23)20-29-30(26(2,3)4,24-11-7-5-8-12-24)25-13-9-6-10-14-25/h5-18,21H,19-20H2,1-4H3. The number of halogens is 1. The van der Waals surface area contributed by atoms with Gasteiger partial charge in [-0.05, 0) is 39.7 Å². The average molecular weight is 484 g/mol. The molecule has 3 aromatic carbocycles. The van der Waals surface area contributed by atoms with E-state index in [2.05, 4.69) is 104 Å². The summed E-state index contributed by atoms with van der Waals surface area (Å²) in [5.41, 5.74) is 0. The van der Waals surface area contributed by atoms with E-state index in [1.165, 1.54) is 10.4 Å². The lowest BCUT2D eigenvalue weighted by molar-refractivity contribution is 0.181. The predicted octanol–water partition coefficient (Wildman–Crippen LogP) is 6.04. The molecule has 0 radical (unpaired) electrons. The van der Waals surface area contributed by atoms with Crippen molar-refractivity contribution in [2.24, 2.45) is 5.92 Å². The molecule has 1 atom stereocenters. The summed E-state index contributed by atoms with van der Waals surface area (Å²) in [6.07, 6.45) is 0. The average Bonchev–Trinajstić information content (AvgIpc) is 2.74. The van der Waals surface area contributed by atoms with E-state index in [4.69, 9.17) is 9.16 Å². The first-order valence-electron chi connectivity index (χ1n) is 10.5. The summed E-state index contributed by atoms with van der Waals surface area (Å²) >= 11 is 3.46. The van der Waals surface area contributed by atoms with Crippen LogP contribution in [0.5, 0.6) is 5.75 Å². The van der Waals surface area contributed by atoms with Crippen LogP contribution >= 0.6 is 15.9 Å². The van der Waals surface area contributed by atoms with E-state index in [0.717, 1.165) is 10.2 Å². The molecule has 1 unspecified atom stereocenters. The smallest absolute Gasteiger partial charge is 0.261 e. The van der Waals surface area contributed by atoms with Crippen molar-refractivity contribution in [3.8, 4) is 5.75 Å². The first-order chi connectivity index (χ1) is 14.3. The molecule has 0 aliphatic heterocycles. The van der Waals surface area contributed by atoms with Crippen molar-refractivity contribution in [2.75, 3.05) is 13.2 Å². The van der Waals surface area contributed by atoms with E-state index in [0.29, 0.717) is 13.2 Å². The first-order valence-corrected chi connectivity index (χ1v) is 13.2. The molecule has 0 saturated heterocycles. The van der Waals surface area contributed by atoms with Gasteiger partial charge in [0.2, 0.25) is 0 Å². The van der Waals surface area contributed by atoms with Crippen LogP contribution in [0.25, 0.3) is 0 Å². The van der Waals surface area contributed by atoms with Gasteiger partial charge < -0.3 is 9.16 Å². The van der Waals surface area contributed by atoms with Crippen molar-refractivity contribution in [2.45, 2.75) is 32.7 Å². The summed E-state index contributed by atoms with van der Waals surface area (Å²) in [5, 5.41) is 2.61. The van der Waals surface area contributed by atoms with E-state index in [1.54, 1.807) is 0 Å². The van der Waals surface area contributed by atoms with Crippen LogP contribution < -0.4 is 15.1 Å². The van der Waals surface area contributed by atoms with Gasteiger partial charge in [-0.2, -0.15) is 0 Å². The van der Waals surface area contributed by atoms with Gasteiger partial charge in [-0.1, -0.05) is 104 Å². The third kappa shape index (κ3) is 5.23. The second-order valence-electron chi connectivity index (χ2n) is 8.84. The summed E-state index contributed by atoms with van der Waals surface area (Å²) in [4.78, 5) is 0. The van der Waals surface area contributed by atoms with Crippen LogP contribution in [0.4, 0.5) is 0 Å². The Morgan fingerprint density at radius 1 is 0.767 bits per heavy atom. The highest BCUT2D eigenvalue weighted by Crippen LogP contribution is 2.37. The second-order valence-corrected chi connectivity index (χ2v) is 14.1. The van der Waals surface area contributed by atoms with Crippen LogP contribution in [0.3, 0.4) is 0 Å². The quantitative estimate of drug-likeness (QED) is 0.364. The van der Waals surface area contributed by atoms with Gasteiger partial charge in [0.1, 0.15) is 5.75 Å². The van der Waals surface area contributed by atoms with Crippen LogP contribution in [0.1, 0.15) is 27.7 Å². The Hall–Kier alpha value is -1.88. The van der Waals surface area contributed by atoms with Crippen LogP contribution in [-0.4, -0.2) is 21.5 Å². The maximum atomic E-state index is 6.99. The van der Waals surface area contributed by atoms with Gasteiger partial charge in [0.25, 0.3) is 8.32 Å². The number of ether oxygens (including phenoxy) is 1. The highest BCUT2D eigenvalue weighted by Gasteiger charge is 2.50. The Balaban J connectivity index is 1.83. The number of benzene rings is 3. The van der Waals surface area contributed by atoms with Crippen LogP contribution in [0, 0.1) is 5.92 Å². The lowest BCUT2D eigenvalue weighted by Crippen LogP contribution is -2.66. The summed E-state index contributed by atoms with van der Waals surface area (Å²) in [7, 11) is -2.49. The van der Waals surface area contributed by atoms with Gasteiger partial charge in [-0.3, -0.25) is 0 Å². The van der Waals surface area contributed by atoms with Gasteiger partial charge in [0.05, 0.1) is 6.61 Å². The molecular formula is C26H31BrO2Si. The molecule has 3 aromatic rings. The molecule has 0 aromatic heterocycles. The molecular weight excluding hydrogens is 452 g/mol. The normalized spacial score (nSPS) is 13.1. The van der Waals surface area contributed by atoms with Crippen LogP contribution in [0.15, 0.2) is 89.4 Å². The summed E-state index contributed by atoms with van der Waals surface area (Å²) < 4.78 is 14.0. The van der Waals surface area contributed by atoms with Crippen LogP contribution in [-0.2, 0) is 4.43 Å². The Morgan fingerprint density at radius 3 is 1.73 bits per heavy atom. The third-order valence-electron chi connectivity index (χ3n) is 5.35. The number of rotatable bonds is 8. The van der Waals surface area contributed by atoms with Crippen molar-refractivity contribution in [3.05, 3.63) is 89.4 Å². The minimum atomic E-state index is -2.49. The number of hydrogen-bond donors (Lipinski definition) is 0. The lowest BCUT2D eigenvalue weighted by atomic mass is 10.2. The zero-order valence-corrected chi connectivity index (χ0v) is 20.9. The topological polar surface area (TPSA) is 18.5 Å². The summed E-state index contributed by atoms with van der Waals surface area (Å²) in [6.45, 7) is 10.4. The molecule has 4 heteroatoms. The molecule has 0 N–H and O–H groups in total. The molecule has 0 fully saturated rings. The molecule has 2 nitrogen and oxygen atoms in total. The Morgan fingerprint density at radius 2 is 1.27 bits per heavy atom. The summed E-state index contributed by atoms with van der Waals surface area (Å²) in [5.74, 6) is 1.16. The first kappa shape index (κ1) is 22.8. The van der Waals surface area contributed by atoms with E-state index in [-0.39, 0.29) is 11.0 Å². The van der Waals surface area contributed by atoms with Gasteiger partial charge in [-0.15, -0.1) is 0 Å². The van der Waals surface area contributed by atoms with Gasteiger partial charge >= 0.3 is 0 Å². The van der Waals surface area contributed by atoms with Crippen LogP contribution in [0.2, 0.25) is 5.04 Å². The monoisotopic (exact) mass is 482 g/mol. The molecule has 0 saturated carbocycles. The second kappa shape index (κ2) is 9.95. The molecule has 3 rings (SSSR count). The fourth-order valence-corrected chi connectivity index (χ4v) is 8.80.